The predicted octanol–water partition coefficient (Wildman–Crippen LogP) is 11.1. The Labute approximate surface area is 288 Å². The average Bonchev–Trinajstić information content (AvgIpc) is 3.10. The van der Waals surface area contributed by atoms with Gasteiger partial charge in [-0.15, -0.1) is 20.5 Å². The largest absolute Gasteiger partial charge is 0.478 e. The van der Waals surface area contributed by atoms with Gasteiger partial charge in [0.1, 0.15) is 11.4 Å². The molecular weight excluding hydrogens is 694 g/mol. The molecule has 0 aliphatic carbocycles. The Bertz CT molecular complexity index is 2320. The minimum absolute atomic E-state index is 0.0305. The Morgan fingerprint density at radius 1 is 0.481 bits per heavy atom. The molecule has 52 heavy (non-hydrogen) atoms. The lowest BCUT2D eigenvalue weighted by Crippen LogP contribution is -2.07. The SMILES string of the molecule is Nc1c(N=Nc2ccc(-c3ccc(N=Nc4cc(C(=O)O)c5ccccc5c4N)c(C(F)(F)F)c3)cc2C(F)(F)F)cc(C(=O)O)c2ccccc12. The van der Waals surface area contributed by atoms with E-state index in [4.69, 9.17) is 11.5 Å². The van der Waals surface area contributed by atoms with Gasteiger partial charge in [0.15, 0.2) is 0 Å². The zero-order chi connectivity index (χ0) is 37.5. The molecule has 0 spiro atoms. The minimum atomic E-state index is -5.04. The number of carboxylic acid groups (broad SMARTS) is 2. The normalized spacial score (nSPS) is 12.3. The number of hydrogen-bond acceptors (Lipinski definition) is 8. The van der Waals surface area contributed by atoms with E-state index in [1.165, 1.54) is 24.3 Å². The van der Waals surface area contributed by atoms with Crippen LogP contribution in [0.25, 0.3) is 32.7 Å². The van der Waals surface area contributed by atoms with Crippen LogP contribution in [0, 0.1) is 0 Å². The zero-order valence-electron chi connectivity index (χ0n) is 26.2. The number of halogens is 6. The number of anilines is 2. The molecule has 0 aliphatic rings. The number of fused-ring (bicyclic) bond motifs is 2. The monoisotopic (exact) mass is 716 g/mol. The number of nitrogens with two attached hydrogens (primary N) is 2. The van der Waals surface area contributed by atoms with Crippen molar-refractivity contribution in [2.45, 2.75) is 12.4 Å². The van der Waals surface area contributed by atoms with Crippen molar-refractivity contribution in [2.24, 2.45) is 20.5 Å². The Balaban J connectivity index is 1.39. The maximum absolute atomic E-state index is 14.3. The lowest BCUT2D eigenvalue weighted by atomic mass is 9.99. The van der Waals surface area contributed by atoms with Crippen LogP contribution in [0.15, 0.2) is 118 Å². The highest BCUT2D eigenvalue weighted by molar-refractivity contribution is 6.11. The highest BCUT2D eigenvalue weighted by Crippen LogP contribution is 2.44. The van der Waals surface area contributed by atoms with Crippen LogP contribution >= 0.6 is 0 Å². The van der Waals surface area contributed by atoms with Gasteiger partial charge in [-0.25, -0.2) is 9.59 Å². The van der Waals surface area contributed by atoms with Crippen molar-refractivity contribution >= 4 is 67.6 Å². The molecule has 0 bridgehead atoms. The molecule has 0 aliphatic heterocycles. The summed E-state index contributed by atoms with van der Waals surface area (Å²) >= 11 is 0. The van der Waals surface area contributed by atoms with Crippen molar-refractivity contribution in [1.82, 2.24) is 0 Å². The summed E-state index contributed by atoms with van der Waals surface area (Å²) in [5.74, 6) is -2.66. The number of alkyl halides is 6. The average molecular weight is 717 g/mol. The Morgan fingerprint density at radius 3 is 1.13 bits per heavy atom. The predicted molar refractivity (Wildman–Crippen MR) is 181 cm³/mol. The molecule has 0 saturated heterocycles. The van der Waals surface area contributed by atoms with E-state index in [0.29, 0.717) is 12.1 Å². The van der Waals surface area contributed by atoms with Crippen LogP contribution in [0.4, 0.5) is 60.5 Å². The number of benzene rings is 6. The molecule has 10 nitrogen and oxygen atoms in total. The summed E-state index contributed by atoms with van der Waals surface area (Å²) in [6, 6.07) is 19.8. The number of azo groups is 2. The van der Waals surface area contributed by atoms with Crippen LogP contribution in [-0.2, 0) is 12.4 Å². The molecule has 0 aromatic heterocycles. The first-order chi connectivity index (χ1) is 24.5. The molecule has 16 heteroatoms. The van der Waals surface area contributed by atoms with Gasteiger partial charge in [-0.2, -0.15) is 26.3 Å². The third kappa shape index (κ3) is 6.68. The van der Waals surface area contributed by atoms with Gasteiger partial charge < -0.3 is 21.7 Å². The molecule has 0 amide bonds. The summed E-state index contributed by atoms with van der Waals surface area (Å²) in [7, 11) is 0. The Kier molecular flexibility index (Phi) is 8.84. The first-order valence-corrected chi connectivity index (χ1v) is 14.9. The van der Waals surface area contributed by atoms with E-state index < -0.39 is 46.8 Å². The number of hydrogen-bond donors (Lipinski definition) is 4. The van der Waals surface area contributed by atoms with Crippen molar-refractivity contribution in [3.05, 3.63) is 119 Å². The van der Waals surface area contributed by atoms with E-state index in [1.54, 1.807) is 24.3 Å². The number of carbonyl (C=O) groups is 2. The number of rotatable bonds is 7. The summed E-state index contributed by atoms with van der Waals surface area (Å²) in [4.78, 5) is 23.7. The molecule has 0 radical (unpaired) electrons. The van der Waals surface area contributed by atoms with Crippen LogP contribution in [-0.4, -0.2) is 22.2 Å². The summed E-state index contributed by atoms with van der Waals surface area (Å²) in [6.07, 6.45) is -10.1. The minimum Gasteiger partial charge on any atom is -0.478 e. The standard InChI is InChI=1S/C36H22F6N6O4/c37-35(38,39)25-13-17(9-11-27(25)45-47-29-15-23(33(49)50)19-5-1-3-7-21(19)31(29)43)18-10-12-28(26(14-18)36(40,41)42)46-48-30-16-24(34(51)52)20-6-2-4-8-22(20)32(30)44/h1-16H,43-44H2,(H,49,50)(H,51,52). The molecule has 262 valence electrons. The summed E-state index contributed by atoms with van der Waals surface area (Å²) in [5, 5.41) is 35.4. The third-order valence-electron chi connectivity index (χ3n) is 8.06. The van der Waals surface area contributed by atoms with E-state index in [-0.39, 0.29) is 66.5 Å². The maximum Gasteiger partial charge on any atom is 0.418 e. The third-order valence-corrected chi connectivity index (χ3v) is 8.06. The summed E-state index contributed by atoms with van der Waals surface area (Å²) in [6.45, 7) is 0. The number of nitrogens with zero attached hydrogens (tertiary/aromatic N) is 4. The van der Waals surface area contributed by atoms with Crippen molar-refractivity contribution in [3.8, 4) is 11.1 Å². The molecule has 6 aromatic rings. The number of carboxylic acids is 2. The Morgan fingerprint density at radius 2 is 0.808 bits per heavy atom. The van der Waals surface area contributed by atoms with E-state index in [2.05, 4.69) is 20.5 Å². The van der Waals surface area contributed by atoms with Crippen LogP contribution in [0.1, 0.15) is 31.8 Å². The second kappa shape index (κ2) is 13.1. The van der Waals surface area contributed by atoms with Gasteiger partial charge in [0.2, 0.25) is 0 Å². The second-order valence-corrected chi connectivity index (χ2v) is 11.3. The highest BCUT2D eigenvalue weighted by Gasteiger charge is 2.36. The lowest BCUT2D eigenvalue weighted by Gasteiger charge is -2.14. The van der Waals surface area contributed by atoms with Gasteiger partial charge in [0.05, 0.1) is 45.0 Å². The maximum atomic E-state index is 14.3. The smallest absolute Gasteiger partial charge is 0.418 e. The van der Waals surface area contributed by atoms with Crippen molar-refractivity contribution in [2.75, 3.05) is 11.5 Å². The van der Waals surface area contributed by atoms with Crippen LogP contribution in [0.3, 0.4) is 0 Å². The molecule has 6 N–H and O–H groups in total. The fourth-order valence-corrected chi connectivity index (χ4v) is 5.56. The van der Waals surface area contributed by atoms with Crippen LogP contribution in [0.2, 0.25) is 0 Å². The molecular formula is C36H22F6N6O4. The fraction of sp³-hybridized carbons (Fsp3) is 0.0556. The van der Waals surface area contributed by atoms with Gasteiger partial charge in [0, 0.05) is 10.8 Å². The van der Waals surface area contributed by atoms with E-state index in [9.17, 15) is 46.1 Å². The highest BCUT2D eigenvalue weighted by atomic mass is 19.4. The lowest BCUT2D eigenvalue weighted by molar-refractivity contribution is -0.138. The van der Waals surface area contributed by atoms with Crippen molar-refractivity contribution in [3.63, 3.8) is 0 Å². The molecule has 0 atom stereocenters. The van der Waals surface area contributed by atoms with E-state index in [0.717, 1.165) is 36.4 Å². The molecule has 6 rings (SSSR count). The Hall–Kier alpha value is -6.84. The van der Waals surface area contributed by atoms with Gasteiger partial charge in [-0.3, -0.25) is 0 Å². The first-order valence-electron chi connectivity index (χ1n) is 14.9. The number of aromatic carboxylic acids is 2. The van der Waals surface area contributed by atoms with Crippen molar-refractivity contribution < 1.29 is 46.1 Å². The van der Waals surface area contributed by atoms with Crippen LogP contribution in [0.5, 0.6) is 0 Å². The second-order valence-electron chi connectivity index (χ2n) is 11.3. The van der Waals surface area contributed by atoms with E-state index in [1.807, 2.05) is 0 Å². The van der Waals surface area contributed by atoms with Gasteiger partial charge >= 0.3 is 24.3 Å². The molecule has 6 aromatic carbocycles. The molecule has 0 heterocycles. The fourth-order valence-electron chi connectivity index (χ4n) is 5.56. The van der Waals surface area contributed by atoms with E-state index >= 15 is 0 Å². The van der Waals surface area contributed by atoms with Gasteiger partial charge in [-0.05, 0) is 58.3 Å². The zero-order valence-corrected chi connectivity index (χ0v) is 26.2. The first kappa shape index (κ1) is 35.0. The van der Waals surface area contributed by atoms with Crippen LogP contribution < -0.4 is 11.5 Å². The van der Waals surface area contributed by atoms with Gasteiger partial charge in [-0.1, -0.05) is 60.7 Å². The quantitative estimate of drug-likeness (QED) is 0.0725. The molecule has 0 fully saturated rings. The number of nitrogen functional groups attached to an aromatic ring is 2. The summed E-state index contributed by atoms with van der Waals surface area (Å²) in [5.41, 5.74) is 6.74. The summed E-state index contributed by atoms with van der Waals surface area (Å²) < 4.78 is 85.6. The van der Waals surface area contributed by atoms with Crippen molar-refractivity contribution in [1.29, 1.82) is 0 Å². The molecule has 0 unspecified atom stereocenters. The molecule has 0 saturated carbocycles. The van der Waals surface area contributed by atoms with Gasteiger partial charge in [0.25, 0.3) is 0 Å². The topological polar surface area (TPSA) is 176 Å².